The molecule has 28 heavy (non-hydrogen) atoms. The predicted octanol–water partition coefficient (Wildman–Crippen LogP) is 4.12. The van der Waals surface area contributed by atoms with E-state index in [1.165, 1.54) is 0 Å². The van der Waals surface area contributed by atoms with Gasteiger partial charge in [0.1, 0.15) is 22.5 Å². The summed E-state index contributed by atoms with van der Waals surface area (Å²) in [5.41, 5.74) is 0.700. The van der Waals surface area contributed by atoms with Crippen molar-refractivity contribution in [3.63, 3.8) is 0 Å². The fourth-order valence-electron chi connectivity index (χ4n) is 3.51. The first-order valence-corrected chi connectivity index (χ1v) is 10.3. The maximum absolute atomic E-state index is 12.7. The fourth-order valence-corrected chi connectivity index (χ4v) is 3.70. The summed E-state index contributed by atoms with van der Waals surface area (Å²) in [7, 11) is 0. The summed E-state index contributed by atoms with van der Waals surface area (Å²) in [6, 6.07) is 9.43. The second kappa shape index (κ2) is 8.35. The van der Waals surface area contributed by atoms with Crippen molar-refractivity contribution >= 4 is 23.3 Å². The number of benzene rings is 1. The quantitative estimate of drug-likeness (QED) is 0.738. The van der Waals surface area contributed by atoms with Crippen molar-refractivity contribution in [2.24, 2.45) is 0 Å². The Balaban J connectivity index is 1.32. The highest BCUT2D eigenvalue weighted by Crippen LogP contribution is 2.38. The van der Waals surface area contributed by atoms with E-state index in [1.807, 2.05) is 36.1 Å². The lowest BCUT2D eigenvalue weighted by atomic mass is 10.0. The molecule has 1 saturated carbocycles. The van der Waals surface area contributed by atoms with Crippen LogP contribution in [0.2, 0.25) is 5.15 Å². The van der Waals surface area contributed by atoms with Crippen LogP contribution < -0.4 is 10.1 Å². The van der Waals surface area contributed by atoms with E-state index in [4.69, 9.17) is 16.3 Å². The average molecular weight is 401 g/mol. The van der Waals surface area contributed by atoms with E-state index in [1.54, 1.807) is 6.07 Å². The molecular weight excluding hydrogens is 376 g/mol. The molecule has 1 aromatic heterocycles. The highest BCUT2D eigenvalue weighted by Gasteiger charge is 2.28. The Morgan fingerprint density at radius 3 is 2.54 bits per heavy atom. The summed E-state index contributed by atoms with van der Waals surface area (Å²) < 4.78 is 5.44. The summed E-state index contributed by atoms with van der Waals surface area (Å²) in [5, 5.41) is 3.96. The monoisotopic (exact) mass is 400 g/mol. The van der Waals surface area contributed by atoms with Crippen LogP contribution in [0.15, 0.2) is 30.3 Å². The first kappa shape index (κ1) is 19.0. The Bertz CT molecular complexity index is 831. The Kier molecular flexibility index (Phi) is 5.67. The lowest BCUT2D eigenvalue weighted by Gasteiger charge is -2.32. The van der Waals surface area contributed by atoms with Crippen LogP contribution in [-0.2, 0) is 0 Å². The number of piperidine rings is 1. The zero-order chi connectivity index (χ0) is 19.5. The minimum atomic E-state index is 0.0719. The minimum absolute atomic E-state index is 0.0719. The van der Waals surface area contributed by atoms with E-state index in [0.29, 0.717) is 23.2 Å². The smallest absolute Gasteiger partial charge is 0.253 e. The van der Waals surface area contributed by atoms with E-state index in [9.17, 15) is 4.79 Å². The highest BCUT2D eigenvalue weighted by atomic mass is 35.5. The number of likely N-dealkylation sites (tertiary alicyclic amines) is 1. The van der Waals surface area contributed by atoms with Crippen molar-refractivity contribution < 1.29 is 9.53 Å². The van der Waals surface area contributed by atoms with Crippen LogP contribution in [0.1, 0.15) is 54.7 Å². The number of hydrogen-bond donors (Lipinski definition) is 1. The van der Waals surface area contributed by atoms with Gasteiger partial charge in [0.2, 0.25) is 0 Å². The van der Waals surface area contributed by atoms with Crippen molar-refractivity contribution in [1.29, 1.82) is 0 Å². The molecule has 2 aromatic rings. The number of carbonyl (C=O) groups is 1. The van der Waals surface area contributed by atoms with Crippen LogP contribution in [0.25, 0.3) is 0 Å². The van der Waals surface area contributed by atoms with Crippen molar-refractivity contribution in [2.75, 3.05) is 25.0 Å². The van der Waals surface area contributed by atoms with Crippen LogP contribution in [-0.4, -0.2) is 46.5 Å². The number of halogens is 1. The molecule has 1 aliphatic heterocycles. The molecule has 4 rings (SSSR count). The van der Waals surface area contributed by atoms with E-state index < -0.39 is 0 Å². The average Bonchev–Trinajstić information content (AvgIpc) is 3.54. The summed E-state index contributed by atoms with van der Waals surface area (Å²) >= 11 is 6.15. The number of rotatable bonds is 6. The van der Waals surface area contributed by atoms with Gasteiger partial charge in [0.15, 0.2) is 0 Å². The third-order valence-corrected chi connectivity index (χ3v) is 5.39. The van der Waals surface area contributed by atoms with Crippen molar-refractivity contribution in [3.8, 4) is 5.75 Å². The molecule has 1 saturated heterocycles. The van der Waals surface area contributed by atoms with Gasteiger partial charge >= 0.3 is 0 Å². The Labute approximate surface area is 170 Å². The van der Waals surface area contributed by atoms with Crippen LogP contribution in [0.5, 0.6) is 5.75 Å². The first-order valence-electron chi connectivity index (χ1n) is 9.95. The molecule has 0 atom stereocenters. The fraction of sp³-hybridized carbons (Fsp3) is 0.476. The maximum atomic E-state index is 12.7. The van der Waals surface area contributed by atoms with Crippen molar-refractivity contribution in [3.05, 3.63) is 46.9 Å². The molecule has 1 aromatic carbocycles. The first-order chi connectivity index (χ1) is 13.6. The number of carbonyl (C=O) groups excluding carboxylic acids is 1. The highest BCUT2D eigenvalue weighted by molar-refractivity contribution is 6.29. The zero-order valence-electron chi connectivity index (χ0n) is 16.0. The summed E-state index contributed by atoms with van der Waals surface area (Å²) in [6.07, 6.45) is 4.05. The molecule has 2 fully saturated rings. The Morgan fingerprint density at radius 1 is 1.18 bits per heavy atom. The number of amides is 1. The topological polar surface area (TPSA) is 67.3 Å². The van der Waals surface area contributed by atoms with Crippen LogP contribution in [0.3, 0.4) is 0 Å². The molecular formula is C21H25ClN4O2. The van der Waals surface area contributed by atoms with E-state index >= 15 is 0 Å². The molecule has 1 N–H and O–H groups in total. The van der Waals surface area contributed by atoms with E-state index in [-0.39, 0.29) is 11.9 Å². The normalized spacial score (nSPS) is 17.4. The van der Waals surface area contributed by atoms with E-state index in [0.717, 1.165) is 56.2 Å². The molecule has 0 bridgehead atoms. The molecule has 2 heterocycles. The van der Waals surface area contributed by atoms with Gasteiger partial charge in [0, 0.05) is 36.7 Å². The van der Waals surface area contributed by atoms with Crippen LogP contribution in [0.4, 0.5) is 5.82 Å². The van der Waals surface area contributed by atoms with Crippen molar-refractivity contribution in [1.82, 2.24) is 14.9 Å². The Morgan fingerprint density at radius 2 is 1.89 bits per heavy atom. The van der Waals surface area contributed by atoms with Gasteiger partial charge in [-0.05, 0) is 56.9 Å². The van der Waals surface area contributed by atoms with Gasteiger partial charge in [-0.3, -0.25) is 4.79 Å². The largest absolute Gasteiger partial charge is 0.494 e. The molecule has 1 aliphatic carbocycles. The molecule has 148 valence electrons. The number of hydrogen-bond acceptors (Lipinski definition) is 5. The lowest BCUT2D eigenvalue weighted by Crippen LogP contribution is -2.42. The van der Waals surface area contributed by atoms with Gasteiger partial charge < -0.3 is 15.0 Å². The standard InChI is InChI=1S/C21H25ClN4O2/c1-2-28-17-7-5-15(6-8-17)21(27)26-11-9-16(10-12-26)23-19-13-18(22)24-20(25-19)14-3-4-14/h5-8,13-14,16H,2-4,9-12H2,1H3,(H,23,24,25). The van der Waals surface area contributed by atoms with Crippen LogP contribution >= 0.6 is 11.6 Å². The third-order valence-electron chi connectivity index (χ3n) is 5.20. The molecule has 0 radical (unpaired) electrons. The predicted molar refractivity (Wildman–Crippen MR) is 109 cm³/mol. The zero-order valence-corrected chi connectivity index (χ0v) is 16.8. The van der Waals surface area contributed by atoms with E-state index in [2.05, 4.69) is 15.3 Å². The minimum Gasteiger partial charge on any atom is -0.494 e. The van der Waals surface area contributed by atoms with Gasteiger partial charge in [-0.25, -0.2) is 9.97 Å². The second-order valence-corrected chi connectivity index (χ2v) is 7.76. The summed E-state index contributed by atoms with van der Waals surface area (Å²) in [6.45, 7) is 4.00. The third kappa shape index (κ3) is 4.55. The molecule has 6 nitrogen and oxygen atoms in total. The molecule has 0 spiro atoms. The van der Waals surface area contributed by atoms with Gasteiger partial charge in [-0.1, -0.05) is 11.6 Å². The number of aromatic nitrogens is 2. The Hall–Kier alpha value is -2.34. The summed E-state index contributed by atoms with van der Waals surface area (Å²) in [5.74, 6) is 2.96. The van der Waals surface area contributed by atoms with Gasteiger partial charge in [-0.15, -0.1) is 0 Å². The maximum Gasteiger partial charge on any atom is 0.253 e. The molecule has 2 aliphatic rings. The van der Waals surface area contributed by atoms with Gasteiger partial charge in [0.05, 0.1) is 6.61 Å². The number of anilines is 1. The summed E-state index contributed by atoms with van der Waals surface area (Å²) in [4.78, 5) is 23.6. The van der Waals surface area contributed by atoms with Gasteiger partial charge in [-0.2, -0.15) is 0 Å². The molecule has 7 heteroatoms. The molecule has 0 unspecified atom stereocenters. The number of nitrogens with one attached hydrogen (secondary N) is 1. The second-order valence-electron chi connectivity index (χ2n) is 7.38. The molecule has 1 amide bonds. The SMILES string of the molecule is CCOc1ccc(C(=O)N2CCC(Nc3cc(Cl)nc(C4CC4)n3)CC2)cc1. The lowest BCUT2D eigenvalue weighted by molar-refractivity contribution is 0.0718. The van der Waals surface area contributed by atoms with Crippen LogP contribution in [0, 0.1) is 0 Å². The number of ether oxygens (including phenoxy) is 1. The van der Waals surface area contributed by atoms with Gasteiger partial charge in [0.25, 0.3) is 5.91 Å². The van der Waals surface area contributed by atoms with Crippen molar-refractivity contribution in [2.45, 2.75) is 44.6 Å². The number of nitrogens with zero attached hydrogens (tertiary/aromatic N) is 3.